The first-order chi connectivity index (χ1) is 31.6. The summed E-state index contributed by atoms with van der Waals surface area (Å²) in [6.07, 6.45) is 38.0. The van der Waals surface area contributed by atoms with Gasteiger partial charge in [-0.15, -0.1) is 79.5 Å². The van der Waals surface area contributed by atoms with E-state index in [1.54, 1.807) is 11.1 Å². The highest BCUT2D eigenvalue weighted by Crippen LogP contribution is 2.51. The third kappa shape index (κ3) is 11.8. The maximum atomic E-state index is 3.48. The van der Waals surface area contributed by atoms with Crippen LogP contribution in [0.2, 0.25) is 0 Å². The van der Waals surface area contributed by atoms with Crippen molar-refractivity contribution in [2.75, 3.05) is 0 Å². The van der Waals surface area contributed by atoms with Crippen LogP contribution in [0.15, 0.2) is 96.4 Å². The number of rotatable bonds is 27. The van der Waals surface area contributed by atoms with Gasteiger partial charge in [0.25, 0.3) is 0 Å². The van der Waals surface area contributed by atoms with Crippen molar-refractivity contribution in [1.82, 2.24) is 0 Å². The minimum absolute atomic E-state index is 1.15. The SMILES string of the molecule is CCCCCCc1cc(C2=C=CC=C2)sc1-c1ccc(-c2sc(-c3cc(CCCCCC)c(-c4ccc(-c5sc(C6=C=CC=C6)cc5CCCCCC)s4)s3)cc2CCCCCC)s1. The Bertz CT molecular complexity index is 2470. The van der Waals surface area contributed by atoms with Gasteiger partial charge < -0.3 is 0 Å². The first-order valence-electron chi connectivity index (χ1n) is 24.6. The van der Waals surface area contributed by atoms with E-state index in [0.29, 0.717) is 0 Å². The first kappa shape index (κ1) is 47.2. The van der Waals surface area contributed by atoms with Gasteiger partial charge in [-0.05, 0) is 146 Å². The molecular weight excluding hydrogens is 889 g/mol. The number of aryl methyl sites for hydroxylation is 4. The molecule has 6 heterocycles. The molecule has 0 unspecified atom stereocenters. The zero-order valence-corrected chi connectivity index (χ0v) is 43.6. The molecule has 0 aliphatic heterocycles. The van der Waals surface area contributed by atoms with E-state index in [4.69, 9.17) is 0 Å². The molecule has 6 heteroatoms. The van der Waals surface area contributed by atoms with Crippen LogP contribution in [0.4, 0.5) is 0 Å². The molecule has 334 valence electrons. The fourth-order valence-electron chi connectivity index (χ4n) is 8.90. The Morgan fingerprint density at radius 2 is 0.625 bits per heavy atom. The summed E-state index contributed by atoms with van der Waals surface area (Å²) in [4.78, 5) is 17.2. The molecule has 0 saturated carbocycles. The average molecular weight is 956 g/mol. The third-order valence-electron chi connectivity index (χ3n) is 12.5. The normalized spacial score (nSPS) is 13.1. The minimum Gasteiger partial charge on any atom is -0.133 e. The van der Waals surface area contributed by atoms with Crippen LogP contribution in [0, 0.1) is 0 Å². The van der Waals surface area contributed by atoms with Crippen LogP contribution in [0.3, 0.4) is 0 Å². The predicted octanol–water partition coefficient (Wildman–Crippen LogP) is 21.1. The fourth-order valence-corrected chi connectivity index (χ4v) is 16.4. The zero-order valence-electron chi connectivity index (χ0n) is 38.7. The lowest BCUT2D eigenvalue weighted by Crippen LogP contribution is -1.85. The van der Waals surface area contributed by atoms with Gasteiger partial charge in [0.1, 0.15) is 0 Å². The van der Waals surface area contributed by atoms with E-state index in [1.807, 2.05) is 45.3 Å². The third-order valence-corrected chi connectivity index (χ3v) is 20.4. The fraction of sp³-hybridized carbons (Fsp3) is 0.414. The monoisotopic (exact) mass is 954 g/mol. The summed E-state index contributed by atoms with van der Waals surface area (Å²) in [6, 6.07) is 19.9. The number of unbranched alkanes of at least 4 members (excludes halogenated alkanes) is 12. The Hall–Kier alpha value is -3.28. The van der Waals surface area contributed by atoms with Crippen molar-refractivity contribution >= 4 is 79.2 Å². The van der Waals surface area contributed by atoms with Crippen LogP contribution in [0.5, 0.6) is 0 Å². The Labute approximate surface area is 409 Å². The topological polar surface area (TPSA) is 0 Å². The second-order valence-corrected chi connectivity index (χ2v) is 24.0. The van der Waals surface area contributed by atoms with Crippen molar-refractivity contribution in [3.63, 3.8) is 0 Å². The minimum atomic E-state index is 1.15. The van der Waals surface area contributed by atoms with E-state index in [0.717, 1.165) is 25.7 Å². The van der Waals surface area contributed by atoms with Gasteiger partial charge in [0.05, 0.1) is 0 Å². The molecule has 0 fully saturated rings. The number of allylic oxidation sites excluding steroid dienone is 6. The molecule has 0 aromatic carbocycles. The molecule has 6 aromatic heterocycles. The van der Waals surface area contributed by atoms with Crippen LogP contribution < -0.4 is 0 Å². The molecule has 8 rings (SSSR count). The van der Waals surface area contributed by atoms with Gasteiger partial charge in [0.15, 0.2) is 0 Å². The highest BCUT2D eigenvalue weighted by Gasteiger charge is 2.22. The highest BCUT2D eigenvalue weighted by atomic mass is 32.1. The van der Waals surface area contributed by atoms with E-state index < -0.39 is 0 Å². The van der Waals surface area contributed by atoms with Gasteiger partial charge in [-0.1, -0.05) is 117 Å². The zero-order chi connectivity index (χ0) is 44.1. The summed E-state index contributed by atoms with van der Waals surface area (Å²) in [7, 11) is 0. The molecule has 0 amide bonds. The summed E-state index contributed by atoms with van der Waals surface area (Å²) in [5.74, 6) is 0. The molecule has 6 aromatic rings. The molecule has 2 aliphatic rings. The summed E-state index contributed by atoms with van der Waals surface area (Å²) in [5, 5.41) is 0. The molecule has 2 aliphatic carbocycles. The summed E-state index contributed by atoms with van der Waals surface area (Å²) >= 11 is 12.1. The lowest BCUT2D eigenvalue weighted by atomic mass is 10.0. The maximum absolute atomic E-state index is 3.48. The molecule has 0 radical (unpaired) electrons. The Morgan fingerprint density at radius 1 is 0.328 bits per heavy atom. The van der Waals surface area contributed by atoms with Crippen LogP contribution in [-0.4, -0.2) is 0 Å². The van der Waals surface area contributed by atoms with E-state index in [2.05, 4.69) is 147 Å². The summed E-state index contributed by atoms with van der Waals surface area (Å²) in [6.45, 7) is 9.26. The van der Waals surface area contributed by atoms with Crippen molar-refractivity contribution in [2.45, 2.75) is 156 Å². The van der Waals surface area contributed by atoms with Gasteiger partial charge in [-0.25, -0.2) is 0 Å². The van der Waals surface area contributed by atoms with Gasteiger partial charge >= 0.3 is 0 Å². The number of hydrogen-bond acceptors (Lipinski definition) is 6. The number of hydrogen-bond donors (Lipinski definition) is 0. The molecule has 0 nitrogen and oxygen atoms in total. The van der Waals surface area contributed by atoms with Crippen molar-refractivity contribution in [3.8, 4) is 48.8 Å². The summed E-state index contributed by atoms with van der Waals surface area (Å²) in [5.41, 5.74) is 15.5. The molecule has 0 bridgehead atoms. The standard InChI is InChI=1S/C58H66S6/c1-5-9-13-17-29-43-37-51(41-25-21-22-26-41)61-55(43)47-33-35-49(59-47)57-45(31-19-15-11-7-3)39-53(63-57)54-40-46(32-20-16-12-8-4)58(64-54)50-36-34-48(60-50)56-44(30-18-14-10-6-2)38-52(62-56)42-27-23-24-28-42/h21-25,27,33-40H,5-20,29-32H2,1-4H3. The molecule has 64 heavy (non-hydrogen) atoms. The Kier molecular flexibility index (Phi) is 17.7. The van der Waals surface area contributed by atoms with Gasteiger partial charge in [-0.2, -0.15) is 0 Å². The Balaban J connectivity index is 1.12. The summed E-state index contributed by atoms with van der Waals surface area (Å²) < 4.78 is 0. The largest absolute Gasteiger partial charge is 0.133 e. The molecular formula is C58H66S6. The second kappa shape index (κ2) is 24.0. The van der Waals surface area contributed by atoms with Crippen LogP contribution >= 0.6 is 68.0 Å². The van der Waals surface area contributed by atoms with Gasteiger partial charge in [0.2, 0.25) is 0 Å². The maximum Gasteiger partial charge on any atom is 0.0481 e. The van der Waals surface area contributed by atoms with E-state index in [-0.39, 0.29) is 0 Å². The lowest BCUT2D eigenvalue weighted by Gasteiger charge is -2.03. The smallest absolute Gasteiger partial charge is 0.0481 e. The van der Waals surface area contributed by atoms with E-state index in [9.17, 15) is 0 Å². The lowest BCUT2D eigenvalue weighted by molar-refractivity contribution is 0.668. The van der Waals surface area contributed by atoms with Crippen molar-refractivity contribution in [2.24, 2.45) is 0 Å². The van der Waals surface area contributed by atoms with Gasteiger partial charge in [-0.3, -0.25) is 0 Å². The number of thiophene rings is 6. The first-order valence-corrected chi connectivity index (χ1v) is 29.5. The average Bonchev–Trinajstić information content (AvgIpc) is 4.15. The van der Waals surface area contributed by atoms with Crippen molar-refractivity contribution in [3.05, 3.63) is 128 Å². The van der Waals surface area contributed by atoms with Crippen LogP contribution in [0.1, 0.15) is 162 Å². The molecule has 0 spiro atoms. The quantitative estimate of drug-likeness (QED) is 0.0356. The van der Waals surface area contributed by atoms with E-state index >= 15 is 0 Å². The van der Waals surface area contributed by atoms with E-state index in [1.165, 1.54) is 184 Å². The van der Waals surface area contributed by atoms with Crippen molar-refractivity contribution < 1.29 is 0 Å². The predicted molar refractivity (Wildman–Crippen MR) is 294 cm³/mol. The van der Waals surface area contributed by atoms with Crippen molar-refractivity contribution in [1.29, 1.82) is 0 Å². The van der Waals surface area contributed by atoms with Gasteiger partial charge in [0, 0.05) is 69.7 Å². The van der Waals surface area contributed by atoms with Crippen LogP contribution in [-0.2, 0) is 25.7 Å². The Morgan fingerprint density at radius 3 is 0.906 bits per heavy atom. The molecule has 0 N–H and O–H groups in total. The molecule has 0 atom stereocenters. The highest BCUT2D eigenvalue weighted by molar-refractivity contribution is 7.30. The van der Waals surface area contributed by atoms with Crippen LogP contribution in [0.25, 0.3) is 59.9 Å². The molecule has 0 saturated heterocycles. The second-order valence-electron chi connectivity index (χ2n) is 17.6.